The smallest absolute Gasteiger partial charge is 0.185 e. The van der Waals surface area contributed by atoms with E-state index in [9.17, 15) is 9.18 Å². The molecule has 16 heavy (non-hydrogen) atoms. The molecule has 0 saturated carbocycles. The molecule has 0 bridgehead atoms. The second-order valence-corrected chi connectivity index (χ2v) is 4.83. The molecule has 1 aromatic carbocycles. The van der Waals surface area contributed by atoms with Gasteiger partial charge in [0, 0.05) is 8.95 Å². The van der Waals surface area contributed by atoms with Crippen LogP contribution in [0.3, 0.4) is 0 Å². The van der Waals surface area contributed by atoms with Gasteiger partial charge in [0.2, 0.25) is 0 Å². The van der Waals surface area contributed by atoms with E-state index in [2.05, 4.69) is 31.9 Å². The molecule has 0 fully saturated rings. The van der Waals surface area contributed by atoms with Crippen molar-refractivity contribution in [2.75, 3.05) is 0 Å². The highest BCUT2D eigenvalue weighted by molar-refractivity contribution is 9.11. The van der Waals surface area contributed by atoms with Crippen LogP contribution < -0.4 is 0 Å². The molecule has 2 nitrogen and oxygen atoms in total. The molecule has 82 valence electrons. The molecule has 2 rings (SSSR count). The van der Waals surface area contributed by atoms with Crippen molar-refractivity contribution < 1.29 is 13.6 Å². The fourth-order valence-electron chi connectivity index (χ4n) is 1.33. The van der Waals surface area contributed by atoms with Gasteiger partial charge in [-0.1, -0.05) is 15.9 Å². The quantitative estimate of drug-likeness (QED) is 0.752. The number of carbonyl (C=O) groups excluding carboxylic acids is 1. The Labute approximate surface area is 108 Å². The van der Waals surface area contributed by atoms with Gasteiger partial charge in [-0.2, -0.15) is 0 Å². The van der Waals surface area contributed by atoms with E-state index < -0.39 is 5.82 Å². The lowest BCUT2D eigenvalue weighted by Gasteiger charge is -2.03. The standard InChI is InChI=1S/C11H5Br2FO2/c12-6-3-8(13)11(9(14)4-6)10-2-1-7(5-15)16-10/h1-5H. The first-order chi connectivity index (χ1) is 7.61. The number of halogens is 3. The molecule has 0 amide bonds. The molecule has 1 heterocycles. The highest BCUT2D eigenvalue weighted by Gasteiger charge is 2.14. The normalized spacial score (nSPS) is 10.4. The van der Waals surface area contributed by atoms with Crippen molar-refractivity contribution in [3.05, 3.63) is 44.8 Å². The van der Waals surface area contributed by atoms with Crippen LogP contribution in [0.2, 0.25) is 0 Å². The second-order valence-electron chi connectivity index (χ2n) is 3.06. The molecule has 0 unspecified atom stereocenters. The minimum Gasteiger partial charge on any atom is -0.453 e. The maximum absolute atomic E-state index is 13.7. The third kappa shape index (κ3) is 2.10. The zero-order chi connectivity index (χ0) is 11.7. The van der Waals surface area contributed by atoms with E-state index >= 15 is 0 Å². The summed E-state index contributed by atoms with van der Waals surface area (Å²) in [6.07, 6.45) is 0.578. The lowest BCUT2D eigenvalue weighted by molar-refractivity contribution is 0.110. The van der Waals surface area contributed by atoms with E-state index in [1.54, 1.807) is 12.1 Å². The molecule has 0 atom stereocenters. The predicted molar refractivity (Wildman–Crippen MR) is 64.9 cm³/mol. The van der Waals surface area contributed by atoms with E-state index in [4.69, 9.17) is 4.42 Å². The first kappa shape index (κ1) is 11.5. The Morgan fingerprint density at radius 1 is 1.25 bits per heavy atom. The third-order valence-corrected chi connectivity index (χ3v) is 3.08. The van der Waals surface area contributed by atoms with Gasteiger partial charge in [0.1, 0.15) is 11.6 Å². The van der Waals surface area contributed by atoms with Crippen molar-refractivity contribution in [1.82, 2.24) is 0 Å². The van der Waals surface area contributed by atoms with Crippen LogP contribution in [0.25, 0.3) is 11.3 Å². The van der Waals surface area contributed by atoms with Crippen LogP contribution in [0, 0.1) is 5.82 Å². The Morgan fingerprint density at radius 3 is 2.56 bits per heavy atom. The molecule has 2 aromatic rings. The first-order valence-corrected chi connectivity index (χ1v) is 5.90. The lowest BCUT2D eigenvalue weighted by Crippen LogP contribution is -1.85. The summed E-state index contributed by atoms with van der Waals surface area (Å²) in [6.45, 7) is 0. The van der Waals surface area contributed by atoms with Crippen molar-refractivity contribution in [2.24, 2.45) is 0 Å². The molecule has 0 saturated heterocycles. The second kappa shape index (κ2) is 4.51. The molecule has 0 aliphatic heterocycles. The van der Waals surface area contributed by atoms with Crippen LogP contribution >= 0.6 is 31.9 Å². The van der Waals surface area contributed by atoms with Gasteiger partial charge in [-0.05, 0) is 40.2 Å². The van der Waals surface area contributed by atoms with Crippen molar-refractivity contribution in [1.29, 1.82) is 0 Å². The number of rotatable bonds is 2. The summed E-state index contributed by atoms with van der Waals surface area (Å²) in [7, 11) is 0. The first-order valence-electron chi connectivity index (χ1n) is 4.31. The molecule has 0 spiro atoms. The highest BCUT2D eigenvalue weighted by Crippen LogP contribution is 2.34. The van der Waals surface area contributed by atoms with E-state index in [0.29, 0.717) is 26.6 Å². The number of furan rings is 1. The average molecular weight is 348 g/mol. The topological polar surface area (TPSA) is 30.2 Å². The summed E-state index contributed by atoms with van der Waals surface area (Å²) in [5, 5.41) is 0. The zero-order valence-corrected chi connectivity index (χ0v) is 11.0. The van der Waals surface area contributed by atoms with Crippen LogP contribution in [-0.2, 0) is 0 Å². The Bertz CT molecular complexity index is 526. The molecule has 5 heteroatoms. The van der Waals surface area contributed by atoms with Gasteiger partial charge in [0.05, 0.1) is 5.56 Å². The van der Waals surface area contributed by atoms with Crippen molar-refractivity contribution in [3.8, 4) is 11.3 Å². The van der Waals surface area contributed by atoms with Gasteiger partial charge < -0.3 is 4.42 Å². The Kier molecular flexibility index (Phi) is 3.25. The zero-order valence-electron chi connectivity index (χ0n) is 7.84. The molecule has 0 N–H and O–H groups in total. The van der Waals surface area contributed by atoms with E-state index in [1.807, 2.05) is 0 Å². The summed E-state index contributed by atoms with van der Waals surface area (Å²) >= 11 is 6.43. The van der Waals surface area contributed by atoms with Gasteiger partial charge in [-0.15, -0.1) is 0 Å². The number of benzene rings is 1. The van der Waals surface area contributed by atoms with E-state index in [0.717, 1.165) is 0 Å². The van der Waals surface area contributed by atoms with Gasteiger partial charge in [-0.25, -0.2) is 4.39 Å². The monoisotopic (exact) mass is 346 g/mol. The summed E-state index contributed by atoms with van der Waals surface area (Å²) < 4.78 is 20.1. The molecule has 0 aliphatic rings. The summed E-state index contributed by atoms with van der Waals surface area (Å²) in [5.41, 5.74) is 0.302. The van der Waals surface area contributed by atoms with Gasteiger partial charge in [0.25, 0.3) is 0 Å². The number of aldehydes is 1. The molecular formula is C11H5Br2FO2. The Morgan fingerprint density at radius 2 is 2.00 bits per heavy atom. The van der Waals surface area contributed by atoms with E-state index in [-0.39, 0.29) is 5.76 Å². The Hall–Kier alpha value is -0.940. The summed E-state index contributed by atoms with van der Waals surface area (Å²) in [4.78, 5) is 10.5. The van der Waals surface area contributed by atoms with Crippen molar-refractivity contribution >= 4 is 38.1 Å². The van der Waals surface area contributed by atoms with Crippen LogP contribution in [0.4, 0.5) is 4.39 Å². The van der Waals surface area contributed by atoms with Gasteiger partial charge in [-0.3, -0.25) is 4.79 Å². The molecular weight excluding hydrogens is 343 g/mol. The van der Waals surface area contributed by atoms with Crippen LogP contribution in [0.5, 0.6) is 0 Å². The van der Waals surface area contributed by atoms with Gasteiger partial charge in [0.15, 0.2) is 12.0 Å². The van der Waals surface area contributed by atoms with Crippen LogP contribution in [0.1, 0.15) is 10.6 Å². The van der Waals surface area contributed by atoms with Crippen molar-refractivity contribution in [3.63, 3.8) is 0 Å². The predicted octanol–water partition coefficient (Wildman–Crippen LogP) is 4.42. The fraction of sp³-hybridized carbons (Fsp3) is 0. The number of hydrogen-bond acceptors (Lipinski definition) is 2. The number of carbonyl (C=O) groups is 1. The van der Waals surface area contributed by atoms with Crippen molar-refractivity contribution in [2.45, 2.75) is 0 Å². The largest absolute Gasteiger partial charge is 0.453 e. The highest BCUT2D eigenvalue weighted by atomic mass is 79.9. The van der Waals surface area contributed by atoms with Crippen LogP contribution in [0.15, 0.2) is 37.6 Å². The minimum atomic E-state index is -0.423. The Balaban J connectivity index is 2.59. The lowest BCUT2D eigenvalue weighted by atomic mass is 10.1. The number of hydrogen-bond donors (Lipinski definition) is 0. The molecule has 0 radical (unpaired) electrons. The average Bonchev–Trinajstić information content (AvgIpc) is 2.64. The summed E-state index contributed by atoms with van der Waals surface area (Å²) in [6, 6.07) is 6.10. The van der Waals surface area contributed by atoms with Gasteiger partial charge >= 0.3 is 0 Å². The third-order valence-electron chi connectivity index (χ3n) is 2.00. The SMILES string of the molecule is O=Cc1ccc(-c2c(F)cc(Br)cc2Br)o1. The fourth-order valence-corrected chi connectivity index (χ4v) is 2.70. The van der Waals surface area contributed by atoms with E-state index in [1.165, 1.54) is 12.1 Å². The minimum absolute atomic E-state index is 0.171. The van der Waals surface area contributed by atoms with Crippen LogP contribution in [-0.4, -0.2) is 6.29 Å². The molecule has 1 aromatic heterocycles. The molecule has 0 aliphatic carbocycles. The maximum Gasteiger partial charge on any atom is 0.185 e. The summed E-state index contributed by atoms with van der Waals surface area (Å²) in [5.74, 6) is 0.0660. The maximum atomic E-state index is 13.7.